The van der Waals surface area contributed by atoms with Crippen LogP contribution in [0.4, 0.5) is 0 Å². The van der Waals surface area contributed by atoms with Crippen molar-refractivity contribution in [3.63, 3.8) is 0 Å². The molecule has 1 saturated heterocycles. The lowest BCUT2D eigenvalue weighted by atomic mass is 10.1. The molecule has 0 aliphatic carbocycles. The highest BCUT2D eigenvalue weighted by atomic mass is 35.5. The van der Waals surface area contributed by atoms with Crippen LogP contribution in [0.3, 0.4) is 0 Å². The molecule has 1 N–H and O–H groups in total. The molecule has 8 heteroatoms. The quantitative estimate of drug-likeness (QED) is 0.741. The first-order chi connectivity index (χ1) is 14.6. The largest absolute Gasteiger partial charge is 0.486 e. The van der Waals surface area contributed by atoms with Gasteiger partial charge in [-0.1, -0.05) is 17.7 Å². The van der Waals surface area contributed by atoms with Gasteiger partial charge in [0.15, 0.2) is 0 Å². The minimum absolute atomic E-state index is 0.0553. The molecule has 3 heterocycles. The van der Waals surface area contributed by atoms with E-state index in [1.165, 1.54) is 6.08 Å². The summed E-state index contributed by atoms with van der Waals surface area (Å²) >= 11 is 6.38. The van der Waals surface area contributed by atoms with E-state index < -0.39 is 0 Å². The number of morpholine rings is 1. The smallest absolute Gasteiger partial charge is 0.254 e. The van der Waals surface area contributed by atoms with Crippen molar-refractivity contribution in [2.24, 2.45) is 0 Å². The van der Waals surface area contributed by atoms with Crippen molar-refractivity contribution < 1.29 is 19.1 Å². The third kappa shape index (κ3) is 4.80. The van der Waals surface area contributed by atoms with E-state index in [9.17, 15) is 9.59 Å². The number of benzene rings is 1. The second-order valence-corrected chi connectivity index (χ2v) is 7.57. The van der Waals surface area contributed by atoms with Crippen molar-refractivity contribution in [2.45, 2.75) is 12.5 Å². The van der Waals surface area contributed by atoms with Gasteiger partial charge in [0, 0.05) is 49.1 Å². The molecule has 30 heavy (non-hydrogen) atoms. The fourth-order valence-electron chi connectivity index (χ4n) is 3.49. The zero-order chi connectivity index (χ0) is 20.9. The molecule has 1 fully saturated rings. The number of ether oxygens (including phenoxy) is 2. The first-order valence-electron chi connectivity index (χ1n) is 9.82. The highest BCUT2D eigenvalue weighted by molar-refractivity contribution is 6.32. The molecule has 4 rings (SSSR count). The molecule has 2 aromatic rings. The van der Waals surface area contributed by atoms with Gasteiger partial charge in [-0.05, 0) is 29.8 Å². The Hall–Kier alpha value is -2.90. The molecule has 1 aromatic carbocycles. The van der Waals surface area contributed by atoms with E-state index in [2.05, 4.69) is 10.3 Å². The number of carbonyl (C=O) groups is 2. The maximum absolute atomic E-state index is 12.7. The van der Waals surface area contributed by atoms with Gasteiger partial charge in [-0.15, -0.1) is 0 Å². The van der Waals surface area contributed by atoms with Crippen molar-refractivity contribution in [2.75, 3.05) is 32.8 Å². The molecule has 1 aromatic heterocycles. The van der Waals surface area contributed by atoms with E-state index in [1.54, 1.807) is 29.4 Å². The van der Waals surface area contributed by atoms with Gasteiger partial charge in [0.25, 0.3) is 5.91 Å². The number of nitrogens with one attached hydrogen (secondary N) is 1. The van der Waals surface area contributed by atoms with Crippen molar-refractivity contribution in [3.05, 3.63) is 64.4 Å². The first-order valence-corrected chi connectivity index (χ1v) is 10.2. The lowest BCUT2D eigenvalue weighted by molar-refractivity contribution is -0.116. The number of carbonyl (C=O) groups excluding carboxylic acids is 2. The Bertz CT molecular complexity index is 958. The predicted molar refractivity (Wildman–Crippen MR) is 113 cm³/mol. The van der Waals surface area contributed by atoms with Crippen LogP contribution in [0.15, 0.2) is 42.7 Å². The minimum Gasteiger partial charge on any atom is -0.486 e. The average molecular weight is 428 g/mol. The number of fused-ring (bicyclic) bond motifs is 1. The van der Waals surface area contributed by atoms with Crippen LogP contribution in [0.25, 0.3) is 6.08 Å². The molecule has 0 bridgehead atoms. The minimum atomic E-state index is -0.234. The molecule has 2 amide bonds. The van der Waals surface area contributed by atoms with Crippen LogP contribution in [0.5, 0.6) is 5.75 Å². The van der Waals surface area contributed by atoms with Gasteiger partial charge < -0.3 is 19.7 Å². The number of aromatic nitrogens is 1. The summed E-state index contributed by atoms with van der Waals surface area (Å²) in [6.07, 6.45) is 6.86. The van der Waals surface area contributed by atoms with Gasteiger partial charge >= 0.3 is 0 Å². The van der Waals surface area contributed by atoms with E-state index >= 15 is 0 Å². The summed E-state index contributed by atoms with van der Waals surface area (Å²) in [6.45, 7) is 2.58. The van der Waals surface area contributed by atoms with Crippen LogP contribution in [0.2, 0.25) is 5.02 Å². The van der Waals surface area contributed by atoms with Crippen molar-refractivity contribution in [1.82, 2.24) is 15.2 Å². The number of nitrogens with zero attached hydrogens (tertiary/aromatic N) is 2. The average Bonchev–Trinajstić information content (AvgIpc) is 3.21. The summed E-state index contributed by atoms with van der Waals surface area (Å²) in [5.41, 5.74) is 2.28. The van der Waals surface area contributed by atoms with Gasteiger partial charge in [0.2, 0.25) is 5.91 Å². The molecular weight excluding hydrogens is 406 g/mol. The Balaban J connectivity index is 1.35. The molecular formula is C22H22ClN3O4. The van der Waals surface area contributed by atoms with Crippen LogP contribution in [0, 0.1) is 0 Å². The monoisotopic (exact) mass is 427 g/mol. The zero-order valence-electron chi connectivity index (χ0n) is 16.3. The van der Waals surface area contributed by atoms with Crippen LogP contribution < -0.4 is 10.1 Å². The van der Waals surface area contributed by atoms with Crippen molar-refractivity contribution in [1.29, 1.82) is 0 Å². The summed E-state index contributed by atoms with van der Waals surface area (Å²) in [5.74, 6) is 0.313. The zero-order valence-corrected chi connectivity index (χ0v) is 17.1. The molecule has 156 valence electrons. The van der Waals surface area contributed by atoms with Gasteiger partial charge in [-0.2, -0.15) is 0 Å². The van der Waals surface area contributed by atoms with Gasteiger partial charge in [0.05, 0.1) is 24.8 Å². The molecule has 0 radical (unpaired) electrons. The number of pyridine rings is 1. The normalized spacial score (nSPS) is 18.2. The van der Waals surface area contributed by atoms with Crippen LogP contribution in [-0.4, -0.2) is 60.7 Å². The molecule has 1 unspecified atom stereocenters. The number of amides is 2. The SMILES string of the molecule is O=C(/C=C/c1cccnc1)NCC1Cc2cc(C(=O)N3CCOCC3)cc(Cl)c2O1. The van der Waals surface area contributed by atoms with Crippen LogP contribution in [0.1, 0.15) is 21.5 Å². The molecule has 2 aliphatic heterocycles. The maximum atomic E-state index is 12.7. The van der Waals surface area contributed by atoms with Crippen molar-refractivity contribution in [3.8, 4) is 5.75 Å². The van der Waals surface area contributed by atoms with Crippen LogP contribution in [-0.2, 0) is 16.0 Å². The second-order valence-electron chi connectivity index (χ2n) is 7.16. The number of hydrogen-bond donors (Lipinski definition) is 1. The van der Waals surface area contributed by atoms with Gasteiger partial charge in [-0.3, -0.25) is 14.6 Å². The number of hydrogen-bond acceptors (Lipinski definition) is 5. The van der Waals surface area contributed by atoms with E-state index in [0.29, 0.717) is 55.6 Å². The first kappa shape index (κ1) is 20.4. The van der Waals surface area contributed by atoms with Gasteiger partial charge in [-0.25, -0.2) is 0 Å². The third-order valence-corrected chi connectivity index (χ3v) is 5.29. The van der Waals surface area contributed by atoms with E-state index in [4.69, 9.17) is 21.1 Å². The third-order valence-electron chi connectivity index (χ3n) is 5.01. The molecule has 7 nitrogen and oxygen atoms in total. The number of rotatable bonds is 5. The summed E-state index contributed by atoms with van der Waals surface area (Å²) in [5, 5.41) is 3.25. The van der Waals surface area contributed by atoms with E-state index in [1.807, 2.05) is 18.2 Å². The fourth-order valence-corrected chi connectivity index (χ4v) is 3.78. The second kappa shape index (κ2) is 9.28. The highest BCUT2D eigenvalue weighted by Crippen LogP contribution is 2.37. The lowest BCUT2D eigenvalue weighted by Gasteiger charge is -2.27. The summed E-state index contributed by atoms with van der Waals surface area (Å²) in [6, 6.07) is 7.16. The Morgan fingerprint density at radius 1 is 1.30 bits per heavy atom. The maximum Gasteiger partial charge on any atom is 0.254 e. The molecule has 2 aliphatic rings. The Kier molecular flexibility index (Phi) is 6.30. The Morgan fingerprint density at radius 2 is 2.13 bits per heavy atom. The lowest BCUT2D eigenvalue weighted by Crippen LogP contribution is -2.40. The summed E-state index contributed by atoms with van der Waals surface area (Å²) in [4.78, 5) is 30.6. The molecule has 0 spiro atoms. The van der Waals surface area contributed by atoms with E-state index in [-0.39, 0.29) is 17.9 Å². The molecule has 1 atom stereocenters. The summed E-state index contributed by atoms with van der Waals surface area (Å²) < 4.78 is 11.2. The van der Waals surface area contributed by atoms with Gasteiger partial charge in [0.1, 0.15) is 11.9 Å². The highest BCUT2D eigenvalue weighted by Gasteiger charge is 2.28. The Labute approximate surface area is 179 Å². The number of halogens is 1. The standard InChI is InChI=1S/C22H22ClN3O4/c23-19-12-17(22(28)26-6-8-29-9-7-26)10-16-11-18(30-21(16)19)14-25-20(27)4-3-15-2-1-5-24-13-15/h1-5,10,12-13,18H,6-9,11,14H2,(H,25,27)/b4-3+. The van der Waals surface area contributed by atoms with E-state index in [0.717, 1.165) is 11.1 Å². The topological polar surface area (TPSA) is 80.8 Å². The molecule has 0 saturated carbocycles. The Morgan fingerprint density at radius 3 is 2.90 bits per heavy atom. The van der Waals surface area contributed by atoms with Crippen LogP contribution >= 0.6 is 11.6 Å². The fraction of sp³-hybridized carbons (Fsp3) is 0.318. The summed E-state index contributed by atoms with van der Waals surface area (Å²) in [7, 11) is 0. The van der Waals surface area contributed by atoms with Crippen molar-refractivity contribution >= 4 is 29.5 Å². The predicted octanol–water partition coefficient (Wildman–Crippen LogP) is 2.34.